The van der Waals surface area contributed by atoms with Crippen LogP contribution >= 0.6 is 0 Å². The highest BCUT2D eigenvalue weighted by atomic mass is 16.4. The Morgan fingerprint density at radius 1 is 1.22 bits per heavy atom. The average Bonchev–Trinajstić information content (AvgIpc) is 3.10. The number of aryl methyl sites for hydroxylation is 2. The first-order valence-corrected chi connectivity index (χ1v) is 7.16. The van der Waals surface area contributed by atoms with Crippen molar-refractivity contribution in [1.29, 1.82) is 5.41 Å². The van der Waals surface area contributed by atoms with Gasteiger partial charge in [0.05, 0.1) is 0 Å². The summed E-state index contributed by atoms with van der Waals surface area (Å²) in [7, 11) is 0. The average molecular weight is 312 g/mol. The fourth-order valence-electron chi connectivity index (χ4n) is 2.12. The molecule has 2 heterocycles. The van der Waals surface area contributed by atoms with Gasteiger partial charge in [0.15, 0.2) is 5.58 Å². The molecule has 118 valence electrons. The fourth-order valence-corrected chi connectivity index (χ4v) is 2.12. The molecule has 1 amide bonds. The number of carbonyl (C=O) groups is 1. The minimum Gasteiger partial charge on any atom is -0.466 e. The number of rotatable bonds is 4. The van der Waals surface area contributed by atoms with E-state index in [2.05, 4.69) is 15.6 Å². The van der Waals surface area contributed by atoms with Crippen LogP contribution in [0.25, 0.3) is 11.1 Å². The summed E-state index contributed by atoms with van der Waals surface area (Å²) < 4.78 is 10.8. The molecule has 0 bridgehead atoms. The SMILES string of the molecule is Cc1ccc(CCC(=O)NC(=N)Nc2nc3ccccc3o2)o1. The molecule has 0 saturated heterocycles. The molecule has 0 unspecified atom stereocenters. The Kier molecular flexibility index (Phi) is 4.09. The molecule has 0 aliphatic carbocycles. The van der Waals surface area contributed by atoms with Gasteiger partial charge < -0.3 is 8.83 Å². The molecule has 3 rings (SSSR count). The highest BCUT2D eigenvalue weighted by Gasteiger charge is 2.10. The second-order valence-corrected chi connectivity index (χ2v) is 5.05. The van der Waals surface area contributed by atoms with Gasteiger partial charge in [0.1, 0.15) is 17.0 Å². The van der Waals surface area contributed by atoms with E-state index in [1.807, 2.05) is 31.2 Å². The summed E-state index contributed by atoms with van der Waals surface area (Å²) in [5, 5.41) is 12.8. The Balaban J connectivity index is 1.51. The Bertz CT molecular complexity index is 817. The van der Waals surface area contributed by atoms with Crippen LogP contribution in [0.1, 0.15) is 17.9 Å². The van der Waals surface area contributed by atoms with Gasteiger partial charge in [-0.25, -0.2) is 0 Å². The molecule has 0 saturated carbocycles. The van der Waals surface area contributed by atoms with Gasteiger partial charge in [-0.05, 0) is 31.2 Å². The van der Waals surface area contributed by atoms with Gasteiger partial charge in [-0.3, -0.25) is 20.8 Å². The van der Waals surface area contributed by atoms with Crippen LogP contribution in [-0.4, -0.2) is 16.9 Å². The first-order valence-electron chi connectivity index (χ1n) is 7.16. The van der Waals surface area contributed by atoms with E-state index < -0.39 is 0 Å². The number of oxazole rings is 1. The number of guanidine groups is 1. The number of fused-ring (bicyclic) bond motifs is 1. The maximum Gasteiger partial charge on any atom is 0.302 e. The highest BCUT2D eigenvalue weighted by Crippen LogP contribution is 2.17. The van der Waals surface area contributed by atoms with Crippen molar-refractivity contribution in [3.63, 3.8) is 0 Å². The lowest BCUT2D eigenvalue weighted by Crippen LogP contribution is -2.35. The fraction of sp³-hybridized carbons (Fsp3) is 0.188. The van der Waals surface area contributed by atoms with Gasteiger partial charge >= 0.3 is 6.01 Å². The van der Waals surface area contributed by atoms with Crippen LogP contribution in [0.15, 0.2) is 45.2 Å². The van der Waals surface area contributed by atoms with Crippen LogP contribution in [0.2, 0.25) is 0 Å². The molecule has 23 heavy (non-hydrogen) atoms. The number of amides is 1. The first-order chi connectivity index (χ1) is 11.1. The molecule has 7 heteroatoms. The minimum atomic E-state index is -0.285. The van der Waals surface area contributed by atoms with E-state index >= 15 is 0 Å². The molecular weight excluding hydrogens is 296 g/mol. The Morgan fingerprint density at radius 3 is 2.78 bits per heavy atom. The van der Waals surface area contributed by atoms with E-state index in [-0.39, 0.29) is 24.3 Å². The van der Waals surface area contributed by atoms with Crippen molar-refractivity contribution in [2.24, 2.45) is 0 Å². The summed E-state index contributed by atoms with van der Waals surface area (Å²) in [6, 6.07) is 11.1. The summed E-state index contributed by atoms with van der Waals surface area (Å²) in [5.74, 6) is 1.09. The second-order valence-electron chi connectivity index (χ2n) is 5.05. The molecule has 0 fully saturated rings. The van der Waals surface area contributed by atoms with E-state index in [4.69, 9.17) is 14.2 Å². The van der Waals surface area contributed by atoms with Crippen molar-refractivity contribution in [1.82, 2.24) is 10.3 Å². The zero-order valence-electron chi connectivity index (χ0n) is 12.6. The van der Waals surface area contributed by atoms with Crippen LogP contribution in [0.3, 0.4) is 0 Å². The van der Waals surface area contributed by atoms with Gasteiger partial charge in [0.2, 0.25) is 11.9 Å². The smallest absolute Gasteiger partial charge is 0.302 e. The number of nitrogens with one attached hydrogen (secondary N) is 3. The van der Waals surface area contributed by atoms with Gasteiger partial charge in [0, 0.05) is 12.8 Å². The van der Waals surface area contributed by atoms with Crippen LogP contribution in [0, 0.1) is 12.3 Å². The number of benzene rings is 1. The minimum absolute atomic E-state index is 0.165. The van der Waals surface area contributed by atoms with E-state index in [1.54, 1.807) is 12.1 Å². The number of carbonyl (C=O) groups excluding carboxylic acids is 1. The lowest BCUT2D eigenvalue weighted by atomic mass is 10.2. The van der Waals surface area contributed by atoms with E-state index in [1.165, 1.54) is 0 Å². The van der Waals surface area contributed by atoms with E-state index in [0.29, 0.717) is 17.5 Å². The molecule has 0 spiro atoms. The Labute approximate surface area is 132 Å². The summed E-state index contributed by atoms with van der Waals surface area (Å²) in [4.78, 5) is 16.0. The molecule has 3 N–H and O–H groups in total. The van der Waals surface area contributed by atoms with Crippen molar-refractivity contribution in [3.05, 3.63) is 47.9 Å². The van der Waals surface area contributed by atoms with Crippen LogP contribution in [0.5, 0.6) is 0 Å². The second kappa shape index (κ2) is 6.35. The predicted molar refractivity (Wildman–Crippen MR) is 85.3 cm³/mol. The highest BCUT2D eigenvalue weighted by molar-refractivity contribution is 6.01. The standard InChI is InChI=1S/C16H16N4O3/c1-10-6-7-11(22-10)8-9-14(21)19-15(17)20-16-18-12-4-2-3-5-13(12)23-16/h2-7H,8-9H2,1H3,(H3,17,18,19,20,21). The van der Waals surface area contributed by atoms with Gasteiger partial charge in [0.25, 0.3) is 0 Å². The van der Waals surface area contributed by atoms with Gasteiger partial charge in [-0.15, -0.1) is 0 Å². The molecule has 2 aromatic heterocycles. The van der Waals surface area contributed by atoms with Gasteiger partial charge in [-0.1, -0.05) is 12.1 Å². The number of nitrogens with zero attached hydrogens (tertiary/aromatic N) is 1. The number of aromatic nitrogens is 1. The summed E-state index contributed by atoms with van der Waals surface area (Å²) >= 11 is 0. The summed E-state index contributed by atoms with van der Waals surface area (Å²) in [5.41, 5.74) is 1.30. The molecule has 0 aliphatic heterocycles. The predicted octanol–water partition coefficient (Wildman–Crippen LogP) is 2.82. The van der Waals surface area contributed by atoms with Gasteiger partial charge in [-0.2, -0.15) is 4.98 Å². The molecule has 0 aliphatic rings. The summed E-state index contributed by atoms with van der Waals surface area (Å²) in [6.45, 7) is 1.85. The van der Waals surface area contributed by atoms with E-state index in [9.17, 15) is 4.79 Å². The molecule has 1 aromatic carbocycles. The molecule has 0 radical (unpaired) electrons. The topological polar surface area (TPSA) is 104 Å². The molecule has 0 atom stereocenters. The van der Waals surface area contributed by atoms with Crippen molar-refractivity contribution in [2.75, 3.05) is 5.32 Å². The van der Waals surface area contributed by atoms with Crippen molar-refractivity contribution < 1.29 is 13.6 Å². The van der Waals surface area contributed by atoms with Crippen molar-refractivity contribution >= 4 is 29.0 Å². The van der Waals surface area contributed by atoms with E-state index in [0.717, 1.165) is 11.5 Å². The maximum absolute atomic E-state index is 11.8. The Morgan fingerprint density at radius 2 is 2.04 bits per heavy atom. The van der Waals surface area contributed by atoms with Crippen molar-refractivity contribution in [2.45, 2.75) is 19.8 Å². The zero-order chi connectivity index (χ0) is 16.2. The normalized spacial score (nSPS) is 10.7. The number of para-hydroxylation sites is 2. The number of furan rings is 1. The monoisotopic (exact) mass is 312 g/mol. The molecule has 7 nitrogen and oxygen atoms in total. The largest absolute Gasteiger partial charge is 0.466 e. The number of hydrogen-bond acceptors (Lipinski definition) is 5. The van der Waals surface area contributed by atoms with Crippen molar-refractivity contribution in [3.8, 4) is 0 Å². The third-order valence-electron chi connectivity index (χ3n) is 3.18. The third kappa shape index (κ3) is 3.76. The zero-order valence-corrected chi connectivity index (χ0v) is 12.6. The number of hydrogen-bond donors (Lipinski definition) is 3. The molecule has 3 aromatic rings. The number of anilines is 1. The lowest BCUT2D eigenvalue weighted by molar-refractivity contribution is -0.119. The maximum atomic E-state index is 11.8. The first kappa shape index (κ1) is 14.8. The lowest BCUT2D eigenvalue weighted by Gasteiger charge is -2.05. The quantitative estimate of drug-likeness (QED) is 0.507. The third-order valence-corrected chi connectivity index (χ3v) is 3.18. The van der Waals surface area contributed by atoms with Crippen LogP contribution in [0.4, 0.5) is 6.01 Å². The summed E-state index contributed by atoms with van der Waals surface area (Å²) in [6.07, 6.45) is 0.709. The Hall–Kier alpha value is -3.09. The molecular formula is C16H16N4O3. The van der Waals surface area contributed by atoms with Crippen LogP contribution < -0.4 is 10.6 Å². The van der Waals surface area contributed by atoms with Crippen LogP contribution in [-0.2, 0) is 11.2 Å².